The summed E-state index contributed by atoms with van der Waals surface area (Å²) in [5.74, 6) is 1.59. The first-order chi connectivity index (χ1) is 10.3. The Bertz CT molecular complexity index is 543. The number of hydrogen-bond acceptors (Lipinski definition) is 4. The number of nitrogens with one attached hydrogen (secondary N) is 1. The van der Waals surface area contributed by atoms with Crippen LogP contribution < -0.4 is 14.8 Å². The van der Waals surface area contributed by atoms with Crippen LogP contribution in [0, 0.1) is 0 Å². The first kappa shape index (κ1) is 15.2. The van der Waals surface area contributed by atoms with Crippen LogP contribution >= 0.6 is 0 Å². The average Bonchev–Trinajstić information content (AvgIpc) is 2.51. The van der Waals surface area contributed by atoms with Crippen LogP contribution in [0.1, 0.15) is 12.5 Å². The lowest BCUT2D eigenvalue weighted by Gasteiger charge is -2.11. The first-order valence-corrected chi connectivity index (χ1v) is 7.13. The van der Waals surface area contributed by atoms with Crippen LogP contribution in [0.5, 0.6) is 17.2 Å². The molecule has 0 bridgehead atoms. The molecule has 0 aromatic heterocycles. The number of ether oxygens (including phenoxy) is 2. The molecule has 0 aliphatic heterocycles. The average molecular weight is 287 g/mol. The van der Waals surface area contributed by atoms with Crippen molar-refractivity contribution in [3.05, 3.63) is 54.1 Å². The number of para-hydroxylation sites is 2. The van der Waals surface area contributed by atoms with Crippen LogP contribution in [0.3, 0.4) is 0 Å². The Kier molecular flexibility index (Phi) is 5.91. The normalized spacial score (nSPS) is 10.3. The number of aromatic hydroxyl groups is 1. The van der Waals surface area contributed by atoms with E-state index in [-0.39, 0.29) is 5.75 Å². The summed E-state index contributed by atoms with van der Waals surface area (Å²) in [6, 6.07) is 15.2. The standard InChI is InChI=1S/C17H21NO3/c1-2-20-16-10-6-7-14(17(16)19)13-18-11-12-21-15-8-4-3-5-9-15/h3-10,18-19H,2,11-13H2,1H3. The topological polar surface area (TPSA) is 50.7 Å². The van der Waals surface area contributed by atoms with Gasteiger partial charge in [-0.15, -0.1) is 0 Å². The van der Waals surface area contributed by atoms with Crippen molar-refractivity contribution in [1.82, 2.24) is 5.32 Å². The maximum atomic E-state index is 10.1. The molecule has 0 amide bonds. The van der Waals surface area contributed by atoms with Gasteiger partial charge in [-0.25, -0.2) is 0 Å². The van der Waals surface area contributed by atoms with E-state index in [1.54, 1.807) is 6.07 Å². The van der Waals surface area contributed by atoms with E-state index >= 15 is 0 Å². The number of benzene rings is 2. The highest BCUT2D eigenvalue weighted by Gasteiger charge is 2.06. The van der Waals surface area contributed by atoms with E-state index in [4.69, 9.17) is 9.47 Å². The molecule has 0 unspecified atom stereocenters. The predicted molar refractivity (Wildman–Crippen MR) is 82.9 cm³/mol. The van der Waals surface area contributed by atoms with Gasteiger partial charge in [0.25, 0.3) is 0 Å². The van der Waals surface area contributed by atoms with E-state index in [1.807, 2.05) is 49.4 Å². The van der Waals surface area contributed by atoms with Gasteiger partial charge < -0.3 is 19.9 Å². The van der Waals surface area contributed by atoms with Crippen LogP contribution in [0.2, 0.25) is 0 Å². The lowest BCUT2D eigenvalue weighted by atomic mass is 10.2. The van der Waals surface area contributed by atoms with E-state index in [9.17, 15) is 5.11 Å². The highest BCUT2D eigenvalue weighted by atomic mass is 16.5. The Morgan fingerprint density at radius 3 is 2.57 bits per heavy atom. The summed E-state index contributed by atoms with van der Waals surface area (Å²) in [7, 11) is 0. The maximum Gasteiger partial charge on any atom is 0.162 e. The predicted octanol–water partition coefficient (Wildman–Crippen LogP) is 2.96. The first-order valence-electron chi connectivity index (χ1n) is 7.13. The zero-order valence-electron chi connectivity index (χ0n) is 12.2. The van der Waals surface area contributed by atoms with Crippen molar-refractivity contribution in [2.45, 2.75) is 13.5 Å². The maximum absolute atomic E-state index is 10.1. The van der Waals surface area contributed by atoms with Crippen LogP contribution in [-0.2, 0) is 6.54 Å². The summed E-state index contributed by atoms with van der Waals surface area (Å²) in [5, 5.41) is 13.3. The summed E-state index contributed by atoms with van der Waals surface area (Å²) >= 11 is 0. The molecule has 0 spiro atoms. The molecule has 0 saturated heterocycles. The molecule has 0 aliphatic carbocycles. The van der Waals surface area contributed by atoms with E-state index in [1.165, 1.54) is 0 Å². The van der Waals surface area contributed by atoms with Crippen molar-refractivity contribution in [1.29, 1.82) is 0 Å². The molecule has 2 N–H and O–H groups in total. The number of phenolic OH excluding ortho intramolecular Hbond substituents is 1. The fourth-order valence-electron chi connectivity index (χ4n) is 1.96. The Morgan fingerprint density at radius 2 is 1.81 bits per heavy atom. The molecule has 0 aliphatic rings. The molecule has 0 saturated carbocycles. The van der Waals surface area contributed by atoms with Gasteiger partial charge in [0.05, 0.1) is 6.61 Å². The van der Waals surface area contributed by atoms with Crippen molar-refractivity contribution in [3.63, 3.8) is 0 Å². The zero-order chi connectivity index (χ0) is 14.9. The van der Waals surface area contributed by atoms with Gasteiger partial charge in [-0.1, -0.05) is 30.3 Å². The van der Waals surface area contributed by atoms with Crippen LogP contribution in [-0.4, -0.2) is 24.9 Å². The Labute approximate surface area is 125 Å². The Morgan fingerprint density at radius 1 is 1.00 bits per heavy atom. The third-order valence-corrected chi connectivity index (χ3v) is 2.99. The number of rotatable bonds is 8. The molecule has 0 radical (unpaired) electrons. The van der Waals surface area contributed by atoms with Gasteiger partial charge in [0, 0.05) is 18.7 Å². The molecule has 0 fully saturated rings. The molecule has 21 heavy (non-hydrogen) atoms. The summed E-state index contributed by atoms with van der Waals surface area (Å²) < 4.78 is 10.9. The third-order valence-electron chi connectivity index (χ3n) is 2.99. The van der Waals surface area contributed by atoms with Gasteiger partial charge in [0.1, 0.15) is 12.4 Å². The zero-order valence-corrected chi connectivity index (χ0v) is 12.2. The van der Waals surface area contributed by atoms with Gasteiger partial charge in [-0.3, -0.25) is 0 Å². The Balaban J connectivity index is 1.75. The van der Waals surface area contributed by atoms with E-state index in [0.29, 0.717) is 32.1 Å². The molecular weight excluding hydrogens is 266 g/mol. The smallest absolute Gasteiger partial charge is 0.162 e. The van der Waals surface area contributed by atoms with Crippen molar-refractivity contribution in [2.75, 3.05) is 19.8 Å². The second kappa shape index (κ2) is 8.17. The van der Waals surface area contributed by atoms with Gasteiger partial charge in [-0.2, -0.15) is 0 Å². The van der Waals surface area contributed by atoms with Crippen LogP contribution in [0.15, 0.2) is 48.5 Å². The van der Waals surface area contributed by atoms with Gasteiger partial charge >= 0.3 is 0 Å². The molecule has 4 nitrogen and oxygen atoms in total. The number of hydrogen-bond donors (Lipinski definition) is 2. The molecule has 2 rings (SSSR count). The second-order valence-corrected chi connectivity index (χ2v) is 4.54. The molecule has 0 heterocycles. The minimum atomic E-state index is 0.204. The molecule has 2 aromatic carbocycles. The molecule has 2 aromatic rings. The summed E-state index contributed by atoms with van der Waals surface area (Å²) in [6.45, 7) is 4.29. The molecule has 0 atom stereocenters. The van der Waals surface area contributed by atoms with Crippen molar-refractivity contribution in [3.8, 4) is 17.2 Å². The van der Waals surface area contributed by atoms with E-state index in [0.717, 1.165) is 11.3 Å². The lowest BCUT2D eigenvalue weighted by molar-refractivity contribution is 0.309. The van der Waals surface area contributed by atoms with E-state index < -0.39 is 0 Å². The van der Waals surface area contributed by atoms with Crippen molar-refractivity contribution >= 4 is 0 Å². The second-order valence-electron chi connectivity index (χ2n) is 4.54. The minimum Gasteiger partial charge on any atom is -0.504 e. The van der Waals surface area contributed by atoms with Crippen LogP contribution in [0.4, 0.5) is 0 Å². The fraction of sp³-hybridized carbons (Fsp3) is 0.294. The monoisotopic (exact) mass is 287 g/mol. The molecular formula is C17H21NO3. The lowest BCUT2D eigenvalue weighted by Crippen LogP contribution is -2.20. The van der Waals surface area contributed by atoms with Crippen molar-refractivity contribution in [2.24, 2.45) is 0 Å². The summed E-state index contributed by atoms with van der Waals surface area (Å²) in [4.78, 5) is 0. The fourth-order valence-corrected chi connectivity index (χ4v) is 1.96. The number of phenols is 1. The quantitative estimate of drug-likeness (QED) is 0.733. The van der Waals surface area contributed by atoms with Crippen molar-refractivity contribution < 1.29 is 14.6 Å². The van der Waals surface area contributed by atoms with E-state index in [2.05, 4.69) is 5.32 Å². The highest BCUT2D eigenvalue weighted by molar-refractivity contribution is 5.45. The van der Waals surface area contributed by atoms with Gasteiger partial charge in [0.2, 0.25) is 0 Å². The van der Waals surface area contributed by atoms with Gasteiger partial charge in [0.15, 0.2) is 11.5 Å². The third kappa shape index (κ3) is 4.68. The molecule has 112 valence electrons. The highest BCUT2D eigenvalue weighted by Crippen LogP contribution is 2.29. The minimum absolute atomic E-state index is 0.204. The van der Waals surface area contributed by atoms with Gasteiger partial charge in [-0.05, 0) is 25.1 Å². The molecule has 4 heteroatoms. The van der Waals surface area contributed by atoms with Crippen LogP contribution in [0.25, 0.3) is 0 Å². The SMILES string of the molecule is CCOc1cccc(CNCCOc2ccccc2)c1O. The summed E-state index contributed by atoms with van der Waals surface area (Å²) in [6.07, 6.45) is 0. The Hall–Kier alpha value is -2.20. The largest absolute Gasteiger partial charge is 0.504 e. The summed E-state index contributed by atoms with van der Waals surface area (Å²) in [5.41, 5.74) is 0.820.